The molecule has 0 fully saturated rings. The van der Waals surface area contributed by atoms with Crippen LogP contribution < -0.4 is 5.43 Å². The third-order valence-corrected chi connectivity index (χ3v) is 5.10. The lowest BCUT2D eigenvalue weighted by atomic mass is 9.87. The van der Waals surface area contributed by atoms with Crippen LogP contribution in [0.2, 0.25) is 0 Å². The van der Waals surface area contributed by atoms with Crippen LogP contribution in [0.3, 0.4) is 0 Å². The number of methoxy groups -OCH3 is 1. The van der Waals surface area contributed by atoms with Gasteiger partial charge in [-0.15, -0.1) is 0 Å². The van der Waals surface area contributed by atoms with Crippen LogP contribution in [0.25, 0.3) is 6.08 Å². The maximum absolute atomic E-state index is 12.4. The van der Waals surface area contributed by atoms with Crippen molar-refractivity contribution in [3.8, 4) is 0 Å². The zero-order valence-electron chi connectivity index (χ0n) is 18.4. The van der Waals surface area contributed by atoms with Gasteiger partial charge in [0, 0.05) is 36.7 Å². The molecular weight excluding hydrogens is 384 g/mol. The van der Waals surface area contributed by atoms with Crippen molar-refractivity contribution in [2.75, 3.05) is 13.7 Å². The Kier molecular flexibility index (Phi) is 7.21. The van der Waals surface area contributed by atoms with Crippen molar-refractivity contribution in [3.05, 3.63) is 63.3 Å². The Morgan fingerprint density at radius 3 is 2.57 bits per heavy atom. The number of nitrogens with zero attached hydrogens (tertiary/aromatic N) is 1. The molecule has 1 aliphatic rings. The van der Waals surface area contributed by atoms with Crippen LogP contribution in [0.1, 0.15) is 56.7 Å². The molecule has 7 nitrogen and oxygen atoms in total. The van der Waals surface area contributed by atoms with Crippen molar-refractivity contribution in [3.63, 3.8) is 0 Å². The van der Waals surface area contributed by atoms with Crippen LogP contribution in [0.5, 0.6) is 0 Å². The smallest absolute Gasteiger partial charge is 0.341 e. The van der Waals surface area contributed by atoms with Crippen molar-refractivity contribution in [2.24, 2.45) is 5.41 Å². The quantitative estimate of drug-likeness (QED) is 0.700. The molecule has 2 atom stereocenters. The van der Waals surface area contributed by atoms with Crippen molar-refractivity contribution >= 4 is 17.8 Å². The number of carboxylic acid groups (broad SMARTS) is 1. The first-order chi connectivity index (χ1) is 14.0. The van der Waals surface area contributed by atoms with Crippen molar-refractivity contribution < 1.29 is 19.4 Å². The first kappa shape index (κ1) is 23.3. The largest absolute Gasteiger partial charge is 0.486 e. The number of pyridine rings is 1. The second-order valence-corrected chi connectivity index (χ2v) is 8.48. The molecule has 0 spiro atoms. The summed E-state index contributed by atoms with van der Waals surface area (Å²) < 4.78 is 12.7. The minimum atomic E-state index is -1.26. The molecule has 30 heavy (non-hydrogen) atoms. The van der Waals surface area contributed by atoms with Gasteiger partial charge in [0.2, 0.25) is 0 Å². The third kappa shape index (κ3) is 5.36. The lowest BCUT2D eigenvalue weighted by Crippen LogP contribution is -2.27. The van der Waals surface area contributed by atoms with E-state index in [0.29, 0.717) is 23.6 Å². The van der Waals surface area contributed by atoms with E-state index in [1.165, 1.54) is 12.3 Å². The summed E-state index contributed by atoms with van der Waals surface area (Å²) in [4.78, 5) is 23.9. The summed E-state index contributed by atoms with van der Waals surface area (Å²) >= 11 is 0. The number of aromatic carboxylic acids is 1. The van der Waals surface area contributed by atoms with Crippen LogP contribution in [0.15, 0.2) is 46.6 Å². The van der Waals surface area contributed by atoms with Crippen molar-refractivity contribution in [2.45, 2.75) is 46.8 Å². The zero-order valence-corrected chi connectivity index (χ0v) is 18.4. The van der Waals surface area contributed by atoms with E-state index in [-0.39, 0.29) is 28.8 Å². The number of hydrogen-bond acceptors (Lipinski definition) is 5. The van der Waals surface area contributed by atoms with E-state index in [1.807, 2.05) is 34.6 Å². The van der Waals surface area contributed by atoms with E-state index in [4.69, 9.17) is 14.9 Å². The first-order valence-corrected chi connectivity index (χ1v) is 9.80. The number of hydrogen-bond donors (Lipinski definition) is 2. The molecule has 2 unspecified atom stereocenters. The van der Waals surface area contributed by atoms with Gasteiger partial charge in [0.05, 0.1) is 6.61 Å². The van der Waals surface area contributed by atoms with Gasteiger partial charge < -0.3 is 19.1 Å². The Hall–Kier alpha value is -2.93. The highest BCUT2D eigenvalue weighted by molar-refractivity contribution is 6.14. The monoisotopic (exact) mass is 414 g/mol. The molecule has 0 amide bonds. The molecule has 0 aromatic carbocycles. The fourth-order valence-electron chi connectivity index (χ4n) is 3.00. The number of ether oxygens (including phenoxy) is 2. The van der Waals surface area contributed by atoms with E-state index < -0.39 is 11.4 Å². The van der Waals surface area contributed by atoms with Crippen LogP contribution >= 0.6 is 0 Å². The van der Waals surface area contributed by atoms with Crippen LogP contribution in [-0.2, 0) is 9.47 Å². The molecule has 7 heteroatoms. The number of nitrogens with one attached hydrogen (secondary N) is 1. The Balaban J connectivity index is 2.52. The van der Waals surface area contributed by atoms with Gasteiger partial charge in [0.1, 0.15) is 23.1 Å². The summed E-state index contributed by atoms with van der Waals surface area (Å²) in [6.45, 7) is 10.4. The number of allylic oxidation sites excluding steroid dienone is 4. The SMILES string of the molecule is COCC(C)OC1=CC=C/C(=C\c2cc(=O)c(C(=O)O)cn2C(C)C(C)(C)C)C1=N. The Morgan fingerprint density at radius 1 is 1.33 bits per heavy atom. The molecule has 2 rings (SSSR count). The van der Waals surface area contributed by atoms with E-state index >= 15 is 0 Å². The molecule has 2 N–H and O–H groups in total. The first-order valence-electron chi connectivity index (χ1n) is 9.80. The van der Waals surface area contributed by atoms with Crippen LogP contribution in [-0.4, -0.2) is 41.2 Å². The summed E-state index contributed by atoms with van der Waals surface area (Å²) in [5.41, 5.74) is 0.249. The molecule has 162 valence electrons. The molecule has 0 saturated carbocycles. The minimum absolute atomic E-state index is 0.0993. The molecular formula is C23H30N2O5. The van der Waals surface area contributed by atoms with Crippen molar-refractivity contribution in [1.29, 1.82) is 5.41 Å². The zero-order chi connectivity index (χ0) is 22.6. The van der Waals surface area contributed by atoms with Gasteiger partial charge in [-0.3, -0.25) is 10.2 Å². The average molecular weight is 415 g/mol. The van der Waals surface area contributed by atoms with E-state index in [1.54, 1.807) is 36.0 Å². The lowest BCUT2D eigenvalue weighted by molar-refractivity contribution is 0.0558. The molecule has 0 aliphatic heterocycles. The highest BCUT2D eigenvalue weighted by atomic mass is 16.5. The standard InChI is InChI=1S/C23H30N2O5/c1-14(13-29-6)30-20-9-7-8-16(21(20)24)10-17-11-19(26)18(22(27)28)12-25(17)15(2)23(3,4)5/h7-12,14-15,24H,13H2,1-6H3,(H,27,28)/b16-10+,24-21?. The highest BCUT2D eigenvalue weighted by Gasteiger charge is 2.25. The molecule has 0 radical (unpaired) electrons. The summed E-state index contributed by atoms with van der Waals surface area (Å²) in [6.07, 6.45) is 8.13. The molecule has 1 heterocycles. The highest BCUT2D eigenvalue weighted by Crippen LogP contribution is 2.31. The molecule has 0 saturated heterocycles. The van der Waals surface area contributed by atoms with Gasteiger partial charge in [0.25, 0.3) is 0 Å². The van der Waals surface area contributed by atoms with E-state index in [9.17, 15) is 14.7 Å². The topological polar surface area (TPSA) is 102 Å². The predicted octanol–water partition coefficient (Wildman–Crippen LogP) is 4.06. The van der Waals surface area contributed by atoms with Crippen LogP contribution in [0, 0.1) is 10.8 Å². The fourth-order valence-corrected chi connectivity index (χ4v) is 3.00. The maximum atomic E-state index is 12.4. The summed E-state index contributed by atoms with van der Waals surface area (Å²) in [5, 5.41) is 17.9. The Bertz CT molecular complexity index is 976. The van der Waals surface area contributed by atoms with Gasteiger partial charge in [-0.05, 0) is 31.4 Å². The minimum Gasteiger partial charge on any atom is -0.486 e. The van der Waals surface area contributed by atoms with Gasteiger partial charge in [0.15, 0.2) is 5.43 Å². The second kappa shape index (κ2) is 9.26. The lowest BCUT2D eigenvalue weighted by Gasteiger charge is -2.31. The third-order valence-electron chi connectivity index (χ3n) is 5.10. The van der Waals surface area contributed by atoms with Gasteiger partial charge in [-0.1, -0.05) is 32.9 Å². The molecule has 1 aromatic rings. The number of carbonyl (C=O) groups is 1. The molecule has 1 aromatic heterocycles. The average Bonchev–Trinajstić information content (AvgIpc) is 2.63. The van der Waals surface area contributed by atoms with E-state index in [2.05, 4.69) is 0 Å². The molecule has 1 aliphatic carbocycles. The summed E-state index contributed by atoms with van der Waals surface area (Å²) in [7, 11) is 1.59. The van der Waals surface area contributed by atoms with Crippen molar-refractivity contribution in [1.82, 2.24) is 4.57 Å². The second-order valence-electron chi connectivity index (χ2n) is 8.48. The van der Waals surface area contributed by atoms with Gasteiger partial charge in [-0.25, -0.2) is 4.79 Å². The number of aromatic nitrogens is 1. The fraction of sp³-hybridized carbons (Fsp3) is 0.435. The Labute approximate surface area is 176 Å². The molecule has 0 bridgehead atoms. The van der Waals surface area contributed by atoms with Crippen LogP contribution in [0.4, 0.5) is 0 Å². The van der Waals surface area contributed by atoms with Gasteiger partial charge in [-0.2, -0.15) is 0 Å². The van der Waals surface area contributed by atoms with E-state index in [0.717, 1.165) is 0 Å². The maximum Gasteiger partial charge on any atom is 0.341 e. The summed E-state index contributed by atoms with van der Waals surface area (Å²) in [6, 6.07) is 1.21. The van der Waals surface area contributed by atoms with Gasteiger partial charge >= 0.3 is 5.97 Å². The normalized spacial score (nSPS) is 17.6. The number of carboxylic acids is 1. The number of rotatable bonds is 7. The Morgan fingerprint density at radius 2 is 2.00 bits per heavy atom. The summed E-state index contributed by atoms with van der Waals surface area (Å²) in [5.74, 6) is -0.849. The predicted molar refractivity (Wildman–Crippen MR) is 117 cm³/mol.